The van der Waals surface area contributed by atoms with Crippen molar-refractivity contribution >= 4 is 52.3 Å². The van der Waals surface area contributed by atoms with E-state index in [1.165, 1.54) is 0 Å². The lowest BCUT2D eigenvalue weighted by atomic mass is 9.94. The second kappa shape index (κ2) is 10.3. The normalized spacial score (nSPS) is 18.8. The van der Waals surface area contributed by atoms with Gasteiger partial charge in [-0.25, -0.2) is 10.3 Å². The molecule has 9 heteroatoms. The predicted molar refractivity (Wildman–Crippen MR) is 120 cm³/mol. The van der Waals surface area contributed by atoms with Gasteiger partial charge in [-0.2, -0.15) is 0 Å². The first-order valence-electron chi connectivity index (χ1n) is 9.45. The lowest BCUT2D eigenvalue weighted by Crippen LogP contribution is -2.32. The predicted octanol–water partition coefficient (Wildman–Crippen LogP) is 4.78. The van der Waals surface area contributed by atoms with Gasteiger partial charge in [0.1, 0.15) is 0 Å². The molecule has 0 bridgehead atoms. The highest BCUT2D eigenvalue weighted by Gasteiger charge is 2.38. The van der Waals surface area contributed by atoms with E-state index in [-0.39, 0.29) is 23.1 Å². The highest BCUT2D eigenvalue weighted by Crippen LogP contribution is 2.50. The Labute approximate surface area is 183 Å². The molecule has 0 spiro atoms. The van der Waals surface area contributed by atoms with Crippen LogP contribution in [0, 0.1) is 0 Å². The second-order valence-electron chi connectivity index (χ2n) is 6.83. The molecule has 6 nitrogen and oxygen atoms in total. The van der Waals surface area contributed by atoms with Gasteiger partial charge in [-0.05, 0) is 48.4 Å². The standard InChI is InChI=1S/C20H24ClN3O3S2/c21-9-10-22-19(26)23-15-5-3-4-14(12-15)16-6-7-17(29-16)20(13-18(25)24-27)8-1-2-11-28-20/h3-7,12,27H,1-2,8-11,13H2,(H,24,25)(H2,22,23,26)/t20-/m0/s1. The minimum absolute atomic E-state index is 0.260. The summed E-state index contributed by atoms with van der Waals surface area (Å²) in [5, 5.41) is 14.5. The van der Waals surface area contributed by atoms with E-state index in [9.17, 15) is 9.59 Å². The molecule has 3 amide bonds. The van der Waals surface area contributed by atoms with Crippen molar-refractivity contribution in [1.82, 2.24) is 10.8 Å². The third-order valence-electron chi connectivity index (χ3n) is 4.76. The Hall–Kier alpha value is -1.74. The highest BCUT2D eigenvalue weighted by molar-refractivity contribution is 8.00. The molecule has 2 heterocycles. The number of carbonyl (C=O) groups is 2. The molecule has 29 heavy (non-hydrogen) atoms. The summed E-state index contributed by atoms with van der Waals surface area (Å²) in [6, 6.07) is 11.5. The minimum atomic E-state index is -0.358. The molecular weight excluding hydrogens is 430 g/mol. The molecule has 0 saturated carbocycles. The Morgan fingerprint density at radius 3 is 2.79 bits per heavy atom. The maximum atomic E-state index is 11.9. The Balaban J connectivity index is 1.80. The molecule has 2 aromatic rings. The smallest absolute Gasteiger partial charge is 0.319 e. The number of hydroxylamine groups is 1. The number of amides is 3. The lowest BCUT2D eigenvalue weighted by molar-refractivity contribution is -0.129. The van der Waals surface area contributed by atoms with Crippen molar-refractivity contribution < 1.29 is 14.8 Å². The van der Waals surface area contributed by atoms with Gasteiger partial charge in [0, 0.05) is 34.3 Å². The monoisotopic (exact) mass is 453 g/mol. The molecule has 1 aliphatic rings. The Kier molecular flexibility index (Phi) is 7.83. The van der Waals surface area contributed by atoms with Gasteiger partial charge in [0.25, 0.3) is 0 Å². The van der Waals surface area contributed by atoms with Crippen LogP contribution in [0.25, 0.3) is 10.4 Å². The topological polar surface area (TPSA) is 90.5 Å². The number of urea groups is 1. The lowest BCUT2D eigenvalue weighted by Gasteiger charge is -2.35. The van der Waals surface area contributed by atoms with Crippen LogP contribution in [0.1, 0.15) is 30.6 Å². The molecule has 3 rings (SSSR count). The van der Waals surface area contributed by atoms with Crippen molar-refractivity contribution in [1.29, 1.82) is 0 Å². The number of thiophene rings is 1. The van der Waals surface area contributed by atoms with Gasteiger partial charge >= 0.3 is 6.03 Å². The van der Waals surface area contributed by atoms with E-state index in [0.29, 0.717) is 18.1 Å². The number of alkyl halides is 1. The van der Waals surface area contributed by atoms with Gasteiger partial charge in [0.2, 0.25) is 5.91 Å². The van der Waals surface area contributed by atoms with Gasteiger partial charge in [0.15, 0.2) is 0 Å². The molecule has 1 saturated heterocycles. The van der Waals surface area contributed by atoms with Crippen molar-refractivity contribution in [3.05, 3.63) is 41.3 Å². The summed E-state index contributed by atoms with van der Waals surface area (Å²) >= 11 is 9.05. The first-order valence-corrected chi connectivity index (χ1v) is 11.8. The van der Waals surface area contributed by atoms with Crippen LogP contribution in [-0.2, 0) is 9.54 Å². The van der Waals surface area contributed by atoms with Crippen molar-refractivity contribution in [3.63, 3.8) is 0 Å². The third kappa shape index (κ3) is 5.66. The number of carbonyl (C=O) groups excluding carboxylic acids is 2. The fraction of sp³-hybridized carbons (Fsp3) is 0.400. The van der Waals surface area contributed by atoms with Crippen molar-refractivity contribution in [3.8, 4) is 10.4 Å². The molecule has 1 atom stereocenters. The van der Waals surface area contributed by atoms with Crippen molar-refractivity contribution in [2.45, 2.75) is 30.4 Å². The summed E-state index contributed by atoms with van der Waals surface area (Å²) in [7, 11) is 0. The number of halogens is 1. The van der Waals surface area contributed by atoms with Gasteiger partial charge < -0.3 is 10.6 Å². The number of anilines is 1. The molecule has 0 aliphatic carbocycles. The SMILES string of the molecule is O=C(C[C@]1(c2ccc(-c3cccc(NC(=O)NCCCl)c3)s2)CCCCS1)NO. The van der Waals surface area contributed by atoms with E-state index in [1.54, 1.807) is 28.6 Å². The highest BCUT2D eigenvalue weighted by atomic mass is 35.5. The van der Waals surface area contributed by atoms with Gasteiger partial charge in [-0.15, -0.1) is 34.7 Å². The molecule has 1 fully saturated rings. The summed E-state index contributed by atoms with van der Waals surface area (Å²) in [5.41, 5.74) is 3.48. The summed E-state index contributed by atoms with van der Waals surface area (Å²) in [6.07, 6.45) is 3.38. The zero-order valence-corrected chi connectivity index (χ0v) is 18.3. The fourth-order valence-corrected chi connectivity index (χ4v) is 6.38. The van der Waals surface area contributed by atoms with Crippen LogP contribution in [0.5, 0.6) is 0 Å². The Bertz CT molecular complexity index is 853. The summed E-state index contributed by atoms with van der Waals surface area (Å²) < 4.78 is -0.300. The molecular formula is C20H24ClN3O3S2. The first kappa shape index (κ1) is 22.0. The third-order valence-corrected chi connectivity index (χ3v) is 8.03. The van der Waals surface area contributed by atoms with E-state index in [1.807, 2.05) is 24.3 Å². The van der Waals surface area contributed by atoms with Crippen LogP contribution in [-0.4, -0.2) is 35.3 Å². The number of rotatable bonds is 7. The Morgan fingerprint density at radius 2 is 2.07 bits per heavy atom. The number of hydrogen-bond acceptors (Lipinski definition) is 5. The molecule has 1 aromatic heterocycles. The van der Waals surface area contributed by atoms with E-state index in [0.717, 1.165) is 40.3 Å². The average molecular weight is 454 g/mol. The van der Waals surface area contributed by atoms with Gasteiger partial charge in [-0.1, -0.05) is 18.6 Å². The average Bonchev–Trinajstić information content (AvgIpc) is 3.24. The van der Waals surface area contributed by atoms with Gasteiger partial charge in [0.05, 0.1) is 4.75 Å². The largest absolute Gasteiger partial charge is 0.337 e. The molecule has 0 unspecified atom stereocenters. The minimum Gasteiger partial charge on any atom is -0.337 e. The van der Waals surface area contributed by atoms with Crippen LogP contribution < -0.4 is 16.1 Å². The molecule has 4 N–H and O–H groups in total. The number of benzene rings is 1. The zero-order valence-electron chi connectivity index (χ0n) is 15.9. The van der Waals surface area contributed by atoms with Crippen LogP contribution >= 0.6 is 34.7 Å². The molecule has 156 valence electrons. The van der Waals surface area contributed by atoms with Crippen molar-refractivity contribution in [2.24, 2.45) is 0 Å². The molecule has 0 radical (unpaired) electrons. The van der Waals surface area contributed by atoms with Crippen LogP contribution in [0.4, 0.5) is 10.5 Å². The maximum absolute atomic E-state index is 11.9. The first-order chi connectivity index (χ1) is 14.1. The van der Waals surface area contributed by atoms with E-state index >= 15 is 0 Å². The summed E-state index contributed by atoms with van der Waals surface area (Å²) in [5.74, 6) is 1.01. The van der Waals surface area contributed by atoms with E-state index < -0.39 is 0 Å². The molecule has 1 aliphatic heterocycles. The van der Waals surface area contributed by atoms with Crippen LogP contribution in [0.3, 0.4) is 0 Å². The maximum Gasteiger partial charge on any atom is 0.319 e. The Morgan fingerprint density at radius 1 is 1.21 bits per heavy atom. The number of hydrogen-bond donors (Lipinski definition) is 4. The van der Waals surface area contributed by atoms with Crippen LogP contribution in [0.2, 0.25) is 0 Å². The van der Waals surface area contributed by atoms with Crippen LogP contribution in [0.15, 0.2) is 36.4 Å². The van der Waals surface area contributed by atoms with Gasteiger partial charge in [-0.3, -0.25) is 10.0 Å². The number of nitrogens with one attached hydrogen (secondary N) is 3. The molecule has 1 aromatic carbocycles. The summed E-state index contributed by atoms with van der Waals surface area (Å²) in [4.78, 5) is 26.0. The number of thioether (sulfide) groups is 1. The van der Waals surface area contributed by atoms with E-state index in [4.69, 9.17) is 16.8 Å². The quantitative estimate of drug-likeness (QED) is 0.276. The zero-order chi connectivity index (χ0) is 20.7. The second-order valence-corrected chi connectivity index (χ2v) is 9.77. The van der Waals surface area contributed by atoms with E-state index in [2.05, 4.69) is 22.8 Å². The summed E-state index contributed by atoms with van der Waals surface area (Å²) in [6.45, 7) is 0.405. The van der Waals surface area contributed by atoms with Crippen molar-refractivity contribution in [2.75, 3.05) is 23.5 Å². The fourth-order valence-electron chi connectivity index (χ4n) is 3.40.